The zero-order chi connectivity index (χ0) is 16.2. The summed E-state index contributed by atoms with van der Waals surface area (Å²) in [4.78, 5) is 12.1. The molecule has 0 bridgehead atoms. The van der Waals surface area contributed by atoms with Crippen molar-refractivity contribution in [2.75, 3.05) is 32.8 Å². The van der Waals surface area contributed by atoms with Crippen molar-refractivity contribution in [3.63, 3.8) is 0 Å². The van der Waals surface area contributed by atoms with Gasteiger partial charge in [0.1, 0.15) is 0 Å². The summed E-state index contributed by atoms with van der Waals surface area (Å²) in [5.74, 6) is 0. The molecule has 122 valence electrons. The van der Waals surface area contributed by atoms with E-state index in [-0.39, 0.29) is 23.2 Å². The van der Waals surface area contributed by atoms with Crippen LogP contribution in [-0.2, 0) is 14.8 Å². The lowest BCUT2D eigenvalue weighted by Crippen LogP contribution is -2.47. The Balaban J connectivity index is 2.01. The molecule has 2 rings (SSSR count). The molecule has 1 aromatic carbocycles. The van der Waals surface area contributed by atoms with E-state index in [0.717, 1.165) is 19.2 Å². The number of nitrogens with zero attached hydrogens (tertiary/aromatic N) is 2. The van der Waals surface area contributed by atoms with Crippen molar-refractivity contribution in [2.45, 2.75) is 17.9 Å². The first-order valence-electron chi connectivity index (χ1n) is 6.96. The Morgan fingerprint density at radius 3 is 2.73 bits per heavy atom. The van der Waals surface area contributed by atoms with Gasteiger partial charge in [0, 0.05) is 37.8 Å². The van der Waals surface area contributed by atoms with Crippen molar-refractivity contribution in [3.8, 4) is 0 Å². The van der Waals surface area contributed by atoms with Crippen LogP contribution in [0.15, 0.2) is 29.2 Å². The van der Waals surface area contributed by atoms with Gasteiger partial charge in [0.15, 0.2) is 0 Å². The molecule has 1 aliphatic rings. The number of rotatable bonds is 6. The fraction of sp³-hybridized carbons (Fsp3) is 0.538. The minimum atomic E-state index is -3.76. The molecule has 1 fully saturated rings. The lowest BCUT2D eigenvalue weighted by molar-refractivity contribution is -0.385. The number of nitro groups is 1. The van der Waals surface area contributed by atoms with Crippen LogP contribution >= 0.6 is 0 Å². The van der Waals surface area contributed by atoms with Gasteiger partial charge in [0.05, 0.1) is 23.0 Å². The summed E-state index contributed by atoms with van der Waals surface area (Å²) in [5, 5.41) is 10.7. The van der Waals surface area contributed by atoms with Crippen LogP contribution in [0.5, 0.6) is 0 Å². The van der Waals surface area contributed by atoms with E-state index in [0.29, 0.717) is 13.2 Å². The molecule has 9 heteroatoms. The van der Waals surface area contributed by atoms with Crippen LogP contribution in [0.2, 0.25) is 0 Å². The molecule has 1 aliphatic heterocycles. The van der Waals surface area contributed by atoms with Crippen LogP contribution in [0, 0.1) is 10.1 Å². The number of nitro benzene ring substituents is 1. The lowest BCUT2D eigenvalue weighted by Gasteiger charge is -2.32. The summed E-state index contributed by atoms with van der Waals surface area (Å²) < 4.78 is 32.2. The van der Waals surface area contributed by atoms with Crippen molar-refractivity contribution in [1.82, 2.24) is 9.62 Å². The Morgan fingerprint density at radius 2 is 2.09 bits per heavy atom. The van der Waals surface area contributed by atoms with Gasteiger partial charge in [0.25, 0.3) is 5.69 Å². The van der Waals surface area contributed by atoms with Gasteiger partial charge in [-0.2, -0.15) is 0 Å². The third-order valence-corrected chi connectivity index (χ3v) is 5.00. The van der Waals surface area contributed by atoms with Gasteiger partial charge >= 0.3 is 0 Å². The number of hydrogen-bond acceptors (Lipinski definition) is 6. The third-order valence-electron chi connectivity index (χ3n) is 3.58. The average molecular weight is 329 g/mol. The smallest absolute Gasteiger partial charge is 0.270 e. The molecule has 0 spiro atoms. The van der Waals surface area contributed by atoms with Gasteiger partial charge in [-0.3, -0.25) is 15.0 Å². The van der Waals surface area contributed by atoms with Crippen molar-refractivity contribution in [2.24, 2.45) is 0 Å². The van der Waals surface area contributed by atoms with Gasteiger partial charge in [0.2, 0.25) is 10.0 Å². The quantitative estimate of drug-likeness (QED) is 0.605. The van der Waals surface area contributed by atoms with Crippen molar-refractivity contribution in [1.29, 1.82) is 0 Å². The minimum Gasteiger partial charge on any atom is -0.379 e. The number of non-ortho nitro benzene ring substituents is 1. The molecular formula is C13H19N3O5S. The third kappa shape index (κ3) is 4.23. The molecule has 1 saturated heterocycles. The van der Waals surface area contributed by atoms with E-state index in [1.807, 2.05) is 6.92 Å². The highest BCUT2D eigenvalue weighted by atomic mass is 32.2. The Labute approximate surface area is 129 Å². The van der Waals surface area contributed by atoms with Crippen LogP contribution in [0.1, 0.15) is 6.92 Å². The predicted molar refractivity (Wildman–Crippen MR) is 80.1 cm³/mol. The summed E-state index contributed by atoms with van der Waals surface area (Å²) in [7, 11) is -3.76. The first-order chi connectivity index (χ1) is 10.4. The number of nitrogens with one attached hydrogen (secondary N) is 1. The monoisotopic (exact) mass is 329 g/mol. The van der Waals surface area contributed by atoms with Crippen LogP contribution in [0.4, 0.5) is 5.69 Å². The maximum absolute atomic E-state index is 12.2. The minimum absolute atomic E-state index is 0.0253. The highest BCUT2D eigenvalue weighted by Gasteiger charge is 2.21. The molecular weight excluding hydrogens is 310 g/mol. The Bertz CT molecular complexity index is 628. The molecule has 1 atom stereocenters. The second-order valence-corrected chi connectivity index (χ2v) is 6.87. The standard InChI is InChI=1S/C13H19N3O5S/c1-11(15-5-7-21-8-6-15)10-14-22(19,20)13-4-2-3-12(9-13)16(17)18/h2-4,9,11,14H,5-8,10H2,1H3/t11-/m0/s1. The van der Waals surface area contributed by atoms with Crippen molar-refractivity contribution < 1.29 is 18.1 Å². The Hall–Kier alpha value is -1.55. The first-order valence-corrected chi connectivity index (χ1v) is 8.44. The number of benzene rings is 1. The van der Waals surface area contributed by atoms with E-state index in [1.54, 1.807) is 0 Å². The summed E-state index contributed by atoms with van der Waals surface area (Å²) in [5.41, 5.74) is -0.246. The zero-order valence-electron chi connectivity index (χ0n) is 12.3. The molecule has 22 heavy (non-hydrogen) atoms. The SMILES string of the molecule is C[C@@H](CNS(=O)(=O)c1cccc([N+](=O)[O-])c1)N1CCOCC1. The molecule has 0 aliphatic carbocycles. The van der Waals surface area contributed by atoms with Gasteiger partial charge in [-0.25, -0.2) is 13.1 Å². The highest BCUT2D eigenvalue weighted by molar-refractivity contribution is 7.89. The number of ether oxygens (including phenoxy) is 1. The largest absolute Gasteiger partial charge is 0.379 e. The second-order valence-electron chi connectivity index (χ2n) is 5.10. The fourth-order valence-corrected chi connectivity index (χ4v) is 3.39. The van der Waals surface area contributed by atoms with E-state index in [9.17, 15) is 18.5 Å². The zero-order valence-corrected chi connectivity index (χ0v) is 13.1. The molecule has 0 radical (unpaired) electrons. The van der Waals surface area contributed by atoms with Crippen LogP contribution in [0.25, 0.3) is 0 Å². The molecule has 1 heterocycles. The molecule has 0 aromatic heterocycles. The lowest BCUT2D eigenvalue weighted by atomic mass is 10.2. The van der Waals surface area contributed by atoms with Crippen LogP contribution in [0.3, 0.4) is 0 Å². The van der Waals surface area contributed by atoms with E-state index < -0.39 is 14.9 Å². The van der Waals surface area contributed by atoms with Crippen molar-refractivity contribution >= 4 is 15.7 Å². The highest BCUT2D eigenvalue weighted by Crippen LogP contribution is 2.17. The van der Waals surface area contributed by atoms with Gasteiger partial charge in [-0.15, -0.1) is 0 Å². The Morgan fingerprint density at radius 1 is 1.41 bits per heavy atom. The van der Waals surface area contributed by atoms with Gasteiger partial charge in [-0.05, 0) is 13.0 Å². The number of hydrogen-bond donors (Lipinski definition) is 1. The maximum Gasteiger partial charge on any atom is 0.270 e. The van der Waals surface area contributed by atoms with Gasteiger partial charge in [-0.1, -0.05) is 6.07 Å². The van der Waals surface area contributed by atoms with Crippen LogP contribution < -0.4 is 4.72 Å². The van der Waals surface area contributed by atoms with E-state index >= 15 is 0 Å². The normalized spacial score (nSPS) is 18.0. The first kappa shape index (κ1) is 16.8. The summed E-state index contributed by atoms with van der Waals surface area (Å²) >= 11 is 0. The molecule has 8 nitrogen and oxygen atoms in total. The molecule has 0 amide bonds. The van der Waals surface area contributed by atoms with E-state index in [1.165, 1.54) is 18.2 Å². The van der Waals surface area contributed by atoms with E-state index in [4.69, 9.17) is 4.74 Å². The number of sulfonamides is 1. The van der Waals surface area contributed by atoms with Gasteiger partial charge < -0.3 is 4.74 Å². The molecule has 1 N–H and O–H groups in total. The second kappa shape index (κ2) is 7.14. The summed E-state index contributed by atoms with van der Waals surface area (Å²) in [6, 6.07) is 5.04. The topological polar surface area (TPSA) is 102 Å². The summed E-state index contributed by atoms with van der Waals surface area (Å²) in [6.07, 6.45) is 0. The number of morpholine rings is 1. The van der Waals surface area contributed by atoms with E-state index in [2.05, 4.69) is 9.62 Å². The van der Waals surface area contributed by atoms with Crippen LogP contribution in [-0.4, -0.2) is 57.1 Å². The predicted octanol–water partition coefficient (Wildman–Crippen LogP) is 0.594. The van der Waals surface area contributed by atoms with Crippen molar-refractivity contribution in [3.05, 3.63) is 34.4 Å². The Kier molecular flexibility index (Phi) is 5.46. The summed E-state index contributed by atoms with van der Waals surface area (Å²) in [6.45, 7) is 4.98. The maximum atomic E-state index is 12.2. The molecule has 1 aromatic rings. The molecule has 0 unspecified atom stereocenters. The average Bonchev–Trinajstić information content (AvgIpc) is 2.53. The fourth-order valence-electron chi connectivity index (χ4n) is 2.23. The molecule has 0 saturated carbocycles.